The van der Waals surface area contributed by atoms with Crippen LogP contribution in [0.4, 0.5) is 13.2 Å². The second-order valence-corrected chi connectivity index (χ2v) is 9.23. The first kappa shape index (κ1) is 23.0. The van der Waals surface area contributed by atoms with Gasteiger partial charge < -0.3 is 5.32 Å². The van der Waals surface area contributed by atoms with Crippen LogP contribution < -0.4 is 5.32 Å². The Hall–Kier alpha value is -1.63. The number of benzene rings is 2. The molecule has 8 heteroatoms. The largest absolute Gasteiger partial charge is 0.407 e. The number of carbonyl (C=O) groups is 1. The van der Waals surface area contributed by atoms with E-state index in [9.17, 15) is 18.0 Å². The van der Waals surface area contributed by atoms with E-state index in [1.165, 1.54) is 18.2 Å². The molecule has 2 aromatic rings. The Morgan fingerprint density at radius 1 is 1.17 bits per heavy atom. The maximum absolute atomic E-state index is 14.2. The van der Waals surface area contributed by atoms with Gasteiger partial charge in [-0.3, -0.25) is 4.79 Å². The Morgan fingerprint density at radius 3 is 2.40 bits per heavy atom. The Morgan fingerprint density at radius 2 is 1.83 bits per heavy atom. The van der Waals surface area contributed by atoms with Crippen LogP contribution in [0.2, 0.25) is 10.0 Å². The summed E-state index contributed by atoms with van der Waals surface area (Å²) in [5.41, 5.74) is 3.20. The van der Waals surface area contributed by atoms with Crippen molar-refractivity contribution in [2.24, 2.45) is 0 Å². The van der Waals surface area contributed by atoms with Gasteiger partial charge in [-0.25, -0.2) is 0 Å². The van der Waals surface area contributed by atoms with Crippen molar-refractivity contribution >= 4 is 46.4 Å². The van der Waals surface area contributed by atoms with Gasteiger partial charge in [0.25, 0.3) is 0 Å². The molecule has 1 N–H and O–H groups in total. The summed E-state index contributed by atoms with van der Waals surface area (Å²) >= 11 is 12.7. The van der Waals surface area contributed by atoms with Crippen LogP contribution >= 0.6 is 35.0 Å². The number of allylic oxidation sites excluding steroid dienone is 1. The number of carbonyl (C=O) groups excluding carboxylic acids is 1. The van der Waals surface area contributed by atoms with E-state index >= 15 is 0 Å². The van der Waals surface area contributed by atoms with E-state index in [-0.39, 0.29) is 27.9 Å². The van der Waals surface area contributed by atoms with Crippen molar-refractivity contribution in [3.05, 3.63) is 74.1 Å². The first-order valence-electron chi connectivity index (χ1n) is 9.32. The van der Waals surface area contributed by atoms with Crippen molar-refractivity contribution < 1.29 is 18.0 Å². The molecule has 1 aliphatic rings. The van der Waals surface area contributed by atoms with Gasteiger partial charge in [-0.2, -0.15) is 13.2 Å². The third kappa shape index (κ3) is 4.66. The van der Waals surface area contributed by atoms with Crippen molar-refractivity contribution in [3.63, 3.8) is 0 Å². The Balaban J connectivity index is 1.89. The fraction of sp³-hybridized carbons (Fsp3) is 0.318. The molecule has 0 saturated carbocycles. The molecule has 3 rings (SSSR count). The highest BCUT2D eigenvalue weighted by atomic mass is 35.5. The SMILES string of the molecule is CCC(=O)NCc1ccc(C2=CSC(c3cc(Cl)cc(Cl)c3)(C(F)(F)F)C2)cc1C. The van der Waals surface area contributed by atoms with E-state index < -0.39 is 10.9 Å². The van der Waals surface area contributed by atoms with Crippen molar-refractivity contribution in [2.45, 2.75) is 44.2 Å². The fourth-order valence-corrected chi connectivity index (χ4v) is 5.11. The molecule has 2 nitrogen and oxygen atoms in total. The van der Waals surface area contributed by atoms with Crippen molar-refractivity contribution in [1.82, 2.24) is 5.32 Å². The van der Waals surface area contributed by atoms with Crippen LogP contribution in [0.25, 0.3) is 5.57 Å². The number of halogens is 5. The zero-order chi connectivity index (χ0) is 22.1. The smallest absolute Gasteiger partial charge is 0.352 e. The van der Waals surface area contributed by atoms with Gasteiger partial charge in [0.05, 0.1) is 0 Å². The number of hydrogen-bond acceptors (Lipinski definition) is 2. The number of rotatable bonds is 5. The lowest BCUT2D eigenvalue weighted by Crippen LogP contribution is -2.37. The molecule has 0 bridgehead atoms. The summed E-state index contributed by atoms with van der Waals surface area (Å²) in [6.45, 7) is 4.04. The highest BCUT2D eigenvalue weighted by Gasteiger charge is 2.58. The molecule has 1 unspecified atom stereocenters. The van der Waals surface area contributed by atoms with Gasteiger partial charge in [-0.1, -0.05) is 48.3 Å². The molecule has 0 spiro atoms. The first-order valence-corrected chi connectivity index (χ1v) is 11.0. The summed E-state index contributed by atoms with van der Waals surface area (Å²) in [6.07, 6.45) is -4.32. The fourth-order valence-electron chi connectivity index (χ4n) is 3.39. The predicted octanol–water partition coefficient (Wildman–Crippen LogP) is 7.26. The van der Waals surface area contributed by atoms with Gasteiger partial charge >= 0.3 is 6.18 Å². The Labute approximate surface area is 187 Å². The second kappa shape index (κ2) is 8.85. The predicted molar refractivity (Wildman–Crippen MR) is 118 cm³/mol. The minimum absolute atomic E-state index is 0.0411. The lowest BCUT2D eigenvalue weighted by atomic mass is 9.88. The average Bonchev–Trinajstić information content (AvgIpc) is 3.13. The van der Waals surface area contributed by atoms with Gasteiger partial charge in [-0.15, -0.1) is 11.8 Å². The number of alkyl halides is 3. The number of thioether (sulfide) groups is 1. The van der Waals surface area contributed by atoms with Crippen LogP contribution in [0.15, 0.2) is 41.8 Å². The molecule has 1 aliphatic heterocycles. The maximum atomic E-state index is 14.2. The monoisotopic (exact) mass is 473 g/mol. The molecule has 2 aromatic carbocycles. The first-order chi connectivity index (χ1) is 14.1. The van der Waals surface area contributed by atoms with E-state index in [0.29, 0.717) is 18.5 Å². The minimum Gasteiger partial charge on any atom is -0.352 e. The van der Waals surface area contributed by atoms with Crippen molar-refractivity contribution in [1.29, 1.82) is 0 Å². The zero-order valence-corrected chi connectivity index (χ0v) is 18.7. The van der Waals surface area contributed by atoms with E-state index in [0.717, 1.165) is 28.5 Å². The summed E-state index contributed by atoms with van der Waals surface area (Å²) < 4.78 is 40.5. The molecule has 30 heavy (non-hydrogen) atoms. The topological polar surface area (TPSA) is 29.1 Å². The third-order valence-electron chi connectivity index (χ3n) is 5.14. The standard InChI is InChI=1S/C22H20Cl2F3NOS/c1-3-20(29)28-11-15-5-4-14(6-13(15)2)16-10-21(30-12-16,22(25,26)27)17-7-18(23)9-19(24)8-17/h4-9,12H,3,10-11H2,1-2H3,(H,28,29). The van der Waals surface area contributed by atoms with E-state index in [1.807, 2.05) is 19.1 Å². The number of hydrogen-bond donors (Lipinski definition) is 1. The summed E-state index contributed by atoms with van der Waals surface area (Å²) in [4.78, 5) is 11.5. The zero-order valence-electron chi connectivity index (χ0n) is 16.4. The molecular formula is C22H20Cl2F3NOS. The van der Waals surface area contributed by atoms with Crippen molar-refractivity contribution in [3.8, 4) is 0 Å². The molecule has 0 radical (unpaired) electrons. The molecule has 0 fully saturated rings. The third-order valence-corrected chi connectivity index (χ3v) is 6.99. The molecule has 0 aliphatic carbocycles. The van der Waals surface area contributed by atoms with E-state index in [1.54, 1.807) is 18.4 Å². The number of nitrogens with one attached hydrogen (secondary N) is 1. The average molecular weight is 474 g/mol. The summed E-state index contributed by atoms with van der Waals surface area (Å²) in [5, 5.41) is 4.72. The lowest BCUT2D eigenvalue weighted by Gasteiger charge is -2.32. The lowest BCUT2D eigenvalue weighted by molar-refractivity contribution is -0.160. The summed E-state index contributed by atoms with van der Waals surface area (Å²) in [6, 6.07) is 9.58. The van der Waals surface area contributed by atoms with Gasteiger partial charge in [0.2, 0.25) is 5.91 Å². The Kier molecular flexibility index (Phi) is 6.80. The van der Waals surface area contributed by atoms with Crippen LogP contribution in [0.1, 0.15) is 42.0 Å². The second-order valence-electron chi connectivity index (χ2n) is 7.19. The Bertz CT molecular complexity index is 986. The van der Waals surface area contributed by atoms with Crippen LogP contribution in [-0.4, -0.2) is 12.1 Å². The van der Waals surface area contributed by atoms with Crippen LogP contribution in [0.3, 0.4) is 0 Å². The van der Waals surface area contributed by atoms with Gasteiger partial charge in [0.15, 0.2) is 0 Å². The molecule has 1 heterocycles. The van der Waals surface area contributed by atoms with E-state index in [2.05, 4.69) is 5.32 Å². The van der Waals surface area contributed by atoms with Crippen LogP contribution in [0, 0.1) is 6.92 Å². The van der Waals surface area contributed by atoms with Gasteiger partial charge in [0, 0.05) is 29.4 Å². The molecule has 1 amide bonds. The molecule has 0 aromatic heterocycles. The normalized spacial score (nSPS) is 19.0. The van der Waals surface area contributed by atoms with Gasteiger partial charge in [-0.05, 0) is 58.4 Å². The minimum atomic E-state index is -4.50. The maximum Gasteiger partial charge on any atom is 0.407 e. The highest BCUT2D eigenvalue weighted by molar-refractivity contribution is 8.03. The summed E-state index contributed by atoms with van der Waals surface area (Å²) in [5.74, 6) is -0.0523. The molecular weight excluding hydrogens is 454 g/mol. The van der Waals surface area contributed by atoms with Gasteiger partial charge in [0.1, 0.15) is 4.75 Å². The van der Waals surface area contributed by atoms with Crippen LogP contribution in [-0.2, 0) is 16.1 Å². The molecule has 0 saturated heterocycles. The number of aryl methyl sites for hydroxylation is 1. The number of amides is 1. The molecule has 160 valence electrons. The van der Waals surface area contributed by atoms with Crippen molar-refractivity contribution in [2.75, 3.05) is 0 Å². The highest BCUT2D eigenvalue weighted by Crippen LogP contribution is 2.60. The quantitative estimate of drug-likeness (QED) is 0.494. The summed E-state index contributed by atoms with van der Waals surface area (Å²) in [7, 11) is 0. The molecule has 1 atom stereocenters. The van der Waals surface area contributed by atoms with Crippen LogP contribution in [0.5, 0.6) is 0 Å². The van der Waals surface area contributed by atoms with E-state index in [4.69, 9.17) is 23.2 Å².